The summed E-state index contributed by atoms with van der Waals surface area (Å²) < 4.78 is 0. The van der Waals surface area contributed by atoms with Gasteiger partial charge in [-0.15, -0.1) is 0 Å². The fourth-order valence-electron chi connectivity index (χ4n) is 1.99. The molecule has 4 heteroatoms. The molecule has 0 spiro atoms. The molecule has 2 heterocycles. The molecule has 0 saturated carbocycles. The van der Waals surface area contributed by atoms with Crippen molar-refractivity contribution in [2.45, 2.75) is 6.92 Å². The Labute approximate surface area is 109 Å². The number of halogens is 1. The minimum atomic E-state index is 0.262. The predicted molar refractivity (Wildman–Crippen MR) is 72.5 cm³/mol. The van der Waals surface area contributed by atoms with Gasteiger partial charge in [-0.05, 0) is 30.0 Å². The third-order valence-corrected chi connectivity index (χ3v) is 2.94. The van der Waals surface area contributed by atoms with Crippen LogP contribution < -0.4 is 0 Å². The quantitative estimate of drug-likeness (QED) is 0.623. The monoisotopic (exact) mass is 255 g/mol. The Balaban J connectivity index is 2.31. The fourth-order valence-corrected chi connectivity index (χ4v) is 2.22. The topological polar surface area (TPSA) is 38.7 Å². The Hall–Kier alpha value is -2.00. The zero-order valence-electron chi connectivity index (χ0n) is 9.76. The highest BCUT2D eigenvalue weighted by molar-refractivity contribution is 6.28. The number of benzene rings is 1. The molecular weight excluding hydrogens is 246 g/mol. The van der Waals surface area contributed by atoms with E-state index in [0.29, 0.717) is 0 Å². The number of hydrogen-bond donors (Lipinski definition) is 0. The van der Waals surface area contributed by atoms with E-state index in [2.05, 4.69) is 21.0 Å². The van der Waals surface area contributed by atoms with Crippen molar-refractivity contribution in [1.29, 1.82) is 0 Å². The number of fused-ring (bicyclic) bond motifs is 1. The first-order valence-electron chi connectivity index (χ1n) is 5.58. The van der Waals surface area contributed by atoms with Gasteiger partial charge in [-0.3, -0.25) is 4.98 Å². The highest BCUT2D eigenvalue weighted by Gasteiger charge is 2.07. The zero-order valence-corrected chi connectivity index (χ0v) is 10.5. The lowest BCUT2D eigenvalue weighted by Gasteiger charge is -2.06. The molecule has 0 unspecified atom stereocenters. The highest BCUT2D eigenvalue weighted by atomic mass is 35.5. The Kier molecular flexibility index (Phi) is 2.68. The fraction of sp³-hybridized carbons (Fsp3) is 0.0714. The smallest absolute Gasteiger partial charge is 0.223 e. The van der Waals surface area contributed by atoms with Crippen molar-refractivity contribution < 1.29 is 0 Å². The van der Waals surface area contributed by atoms with Crippen LogP contribution in [0.2, 0.25) is 5.28 Å². The first kappa shape index (κ1) is 11.1. The van der Waals surface area contributed by atoms with Crippen LogP contribution in [-0.2, 0) is 0 Å². The molecule has 0 aliphatic heterocycles. The van der Waals surface area contributed by atoms with E-state index >= 15 is 0 Å². The standard InChI is InChI=1S/C14H10ClN3/c1-9-6-13(18-14(15)17-9)12-8-16-7-10-4-2-3-5-11(10)12/h2-8H,1H3. The van der Waals surface area contributed by atoms with Gasteiger partial charge in [-0.25, -0.2) is 9.97 Å². The van der Waals surface area contributed by atoms with Gasteiger partial charge in [0.1, 0.15) is 0 Å². The molecule has 0 N–H and O–H groups in total. The summed E-state index contributed by atoms with van der Waals surface area (Å²) in [6, 6.07) is 9.99. The van der Waals surface area contributed by atoms with Crippen molar-refractivity contribution in [2.75, 3.05) is 0 Å². The third kappa shape index (κ3) is 1.93. The van der Waals surface area contributed by atoms with Crippen LogP contribution in [-0.4, -0.2) is 15.0 Å². The molecule has 0 amide bonds. The van der Waals surface area contributed by atoms with Gasteiger partial charge in [-0.1, -0.05) is 24.3 Å². The number of aryl methyl sites for hydroxylation is 1. The summed E-state index contributed by atoms with van der Waals surface area (Å²) in [5.74, 6) is 0. The Morgan fingerprint density at radius 2 is 1.89 bits per heavy atom. The molecule has 0 atom stereocenters. The minimum absolute atomic E-state index is 0.262. The van der Waals surface area contributed by atoms with Gasteiger partial charge in [0.15, 0.2) is 0 Å². The van der Waals surface area contributed by atoms with E-state index in [1.807, 2.05) is 37.4 Å². The number of hydrogen-bond acceptors (Lipinski definition) is 3. The average molecular weight is 256 g/mol. The average Bonchev–Trinajstić information content (AvgIpc) is 2.37. The van der Waals surface area contributed by atoms with Crippen LogP contribution in [0.25, 0.3) is 22.0 Å². The second-order valence-electron chi connectivity index (χ2n) is 4.07. The Bertz CT molecular complexity index is 700. The summed E-state index contributed by atoms with van der Waals surface area (Å²) in [4.78, 5) is 12.6. The van der Waals surface area contributed by atoms with Crippen molar-refractivity contribution in [3.05, 3.63) is 53.7 Å². The summed E-state index contributed by atoms with van der Waals surface area (Å²) in [6.07, 6.45) is 3.65. The maximum Gasteiger partial charge on any atom is 0.223 e. The maximum atomic E-state index is 5.91. The van der Waals surface area contributed by atoms with E-state index in [4.69, 9.17) is 11.6 Å². The zero-order chi connectivity index (χ0) is 12.5. The van der Waals surface area contributed by atoms with Gasteiger partial charge >= 0.3 is 0 Å². The van der Waals surface area contributed by atoms with Crippen molar-refractivity contribution in [3.8, 4) is 11.3 Å². The van der Waals surface area contributed by atoms with Crippen LogP contribution in [0.5, 0.6) is 0 Å². The van der Waals surface area contributed by atoms with Gasteiger partial charge in [-0.2, -0.15) is 0 Å². The molecule has 1 aromatic carbocycles. The molecule has 3 rings (SSSR count). The maximum absolute atomic E-state index is 5.91. The van der Waals surface area contributed by atoms with E-state index < -0.39 is 0 Å². The van der Waals surface area contributed by atoms with Gasteiger partial charge in [0.05, 0.1) is 5.69 Å². The Morgan fingerprint density at radius 1 is 1.06 bits per heavy atom. The molecule has 0 fully saturated rings. The van der Waals surface area contributed by atoms with Crippen molar-refractivity contribution in [3.63, 3.8) is 0 Å². The van der Waals surface area contributed by atoms with Gasteiger partial charge in [0.2, 0.25) is 5.28 Å². The van der Waals surface area contributed by atoms with E-state index in [-0.39, 0.29) is 5.28 Å². The minimum Gasteiger partial charge on any atom is -0.263 e. The van der Waals surface area contributed by atoms with Crippen LogP contribution in [0.15, 0.2) is 42.7 Å². The van der Waals surface area contributed by atoms with E-state index in [0.717, 1.165) is 27.7 Å². The lowest BCUT2D eigenvalue weighted by Crippen LogP contribution is -1.92. The van der Waals surface area contributed by atoms with E-state index in [1.165, 1.54) is 0 Å². The van der Waals surface area contributed by atoms with Crippen LogP contribution in [0.1, 0.15) is 5.69 Å². The predicted octanol–water partition coefficient (Wildman–Crippen LogP) is 3.65. The second-order valence-corrected chi connectivity index (χ2v) is 4.41. The van der Waals surface area contributed by atoms with Crippen LogP contribution >= 0.6 is 11.6 Å². The van der Waals surface area contributed by atoms with Crippen LogP contribution in [0.3, 0.4) is 0 Å². The highest BCUT2D eigenvalue weighted by Crippen LogP contribution is 2.26. The lowest BCUT2D eigenvalue weighted by molar-refractivity contribution is 1.11. The molecule has 0 aliphatic carbocycles. The molecular formula is C14H10ClN3. The van der Waals surface area contributed by atoms with Crippen LogP contribution in [0, 0.1) is 6.92 Å². The number of aromatic nitrogens is 3. The van der Waals surface area contributed by atoms with Crippen molar-refractivity contribution in [2.24, 2.45) is 0 Å². The Morgan fingerprint density at radius 3 is 2.72 bits per heavy atom. The van der Waals surface area contributed by atoms with Gasteiger partial charge in [0.25, 0.3) is 0 Å². The molecule has 3 nitrogen and oxygen atoms in total. The summed E-state index contributed by atoms with van der Waals surface area (Å²) in [5.41, 5.74) is 2.62. The molecule has 18 heavy (non-hydrogen) atoms. The SMILES string of the molecule is Cc1cc(-c2cncc3ccccc23)nc(Cl)n1. The van der Waals surface area contributed by atoms with E-state index in [9.17, 15) is 0 Å². The summed E-state index contributed by atoms with van der Waals surface area (Å²) >= 11 is 5.91. The summed E-state index contributed by atoms with van der Waals surface area (Å²) in [5, 5.41) is 2.46. The molecule has 0 bridgehead atoms. The van der Waals surface area contributed by atoms with Gasteiger partial charge in [0, 0.05) is 29.0 Å². The largest absolute Gasteiger partial charge is 0.263 e. The number of nitrogens with zero attached hydrogens (tertiary/aromatic N) is 3. The number of rotatable bonds is 1. The molecule has 2 aromatic heterocycles. The van der Waals surface area contributed by atoms with Crippen molar-refractivity contribution >= 4 is 22.4 Å². The van der Waals surface area contributed by atoms with E-state index in [1.54, 1.807) is 6.20 Å². The lowest BCUT2D eigenvalue weighted by atomic mass is 10.1. The molecule has 3 aromatic rings. The molecule has 0 aliphatic rings. The first-order valence-corrected chi connectivity index (χ1v) is 5.96. The van der Waals surface area contributed by atoms with Crippen molar-refractivity contribution in [1.82, 2.24) is 15.0 Å². The number of pyridine rings is 1. The third-order valence-electron chi connectivity index (χ3n) is 2.77. The molecule has 88 valence electrons. The summed E-state index contributed by atoms with van der Waals surface area (Å²) in [7, 11) is 0. The summed E-state index contributed by atoms with van der Waals surface area (Å²) in [6.45, 7) is 1.90. The van der Waals surface area contributed by atoms with Crippen LogP contribution in [0.4, 0.5) is 0 Å². The molecule has 0 radical (unpaired) electrons. The van der Waals surface area contributed by atoms with Gasteiger partial charge < -0.3 is 0 Å². The second kappa shape index (κ2) is 4.35. The molecule has 0 saturated heterocycles. The first-order chi connectivity index (χ1) is 8.74. The normalized spacial score (nSPS) is 10.8.